The monoisotopic (exact) mass is 543 g/mol. The van der Waals surface area contributed by atoms with Gasteiger partial charge < -0.3 is 21.3 Å². The van der Waals surface area contributed by atoms with Gasteiger partial charge in [0.1, 0.15) is 0 Å². The van der Waals surface area contributed by atoms with Crippen LogP contribution in [0.2, 0.25) is 0 Å². The number of carbonyl (C=O) groups excluding carboxylic acids is 1. The van der Waals surface area contributed by atoms with Gasteiger partial charge in [-0.2, -0.15) is 0 Å². The van der Waals surface area contributed by atoms with E-state index >= 15 is 0 Å². The third kappa shape index (κ3) is 6.39. The van der Waals surface area contributed by atoms with Crippen LogP contribution in [-0.2, 0) is 4.79 Å². The molecule has 39 heavy (non-hydrogen) atoms. The van der Waals surface area contributed by atoms with Crippen molar-refractivity contribution in [1.29, 1.82) is 0 Å². The zero-order chi connectivity index (χ0) is 27.5. The fourth-order valence-electron chi connectivity index (χ4n) is 10.6. The fourth-order valence-corrected chi connectivity index (χ4v) is 10.6. The molecule has 0 radical (unpaired) electrons. The summed E-state index contributed by atoms with van der Waals surface area (Å²) in [5, 5.41) is 6.83. The van der Waals surface area contributed by atoms with Crippen LogP contribution < -0.4 is 16.4 Å². The molecule has 0 aromatic heterocycles. The minimum atomic E-state index is 0.214. The summed E-state index contributed by atoms with van der Waals surface area (Å²) in [5.74, 6) is 4.83. The van der Waals surface area contributed by atoms with Crippen molar-refractivity contribution in [2.75, 3.05) is 59.4 Å². The topological polar surface area (TPSA) is 73.6 Å². The number of carbonyl (C=O) groups is 1. The van der Waals surface area contributed by atoms with Gasteiger partial charge in [0, 0.05) is 58.8 Å². The lowest BCUT2D eigenvalue weighted by Crippen LogP contribution is -2.55. The number of nitrogens with zero attached hydrogens (tertiary/aromatic N) is 2. The van der Waals surface area contributed by atoms with Crippen molar-refractivity contribution >= 4 is 5.91 Å². The van der Waals surface area contributed by atoms with Gasteiger partial charge in [-0.3, -0.25) is 9.69 Å². The van der Waals surface area contributed by atoms with Crippen LogP contribution in [0, 0.1) is 40.4 Å². The van der Waals surface area contributed by atoms with Gasteiger partial charge in [0.25, 0.3) is 0 Å². The second-order valence-electron chi connectivity index (χ2n) is 14.8. The van der Waals surface area contributed by atoms with Gasteiger partial charge in [-0.05, 0) is 131 Å². The van der Waals surface area contributed by atoms with Gasteiger partial charge in [-0.25, -0.2) is 0 Å². The summed E-state index contributed by atoms with van der Waals surface area (Å²) in [7, 11) is 1.77. The maximum Gasteiger partial charge on any atom is 0.219 e. The van der Waals surface area contributed by atoms with Crippen molar-refractivity contribution in [2.45, 2.75) is 103 Å². The number of rotatable bonds is 11. The molecule has 1 saturated heterocycles. The van der Waals surface area contributed by atoms with Crippen LogP contribution in [0.5, 0.6) is 0 Å². The molecular weight excluding hydrogens is 482 g/mol. The zero-order valence-corrected chi connectivity index (χ0v) is 25.7. The van der Waals surface area contributed by atoms with Crippen LogP contribution in [0.1, 0.15) is 97.3 Å². The van der Waals surface area contributed by atoms with E-state index in [1.54, 1.807) is 7.05 Å². The summed E-state index contributed by atoms with van der Waals surface area (Å²) in [5.41, 5.74) is 6.79. The van der Waals surface area contributed by atoms with E-state index < -0.39 is 0 Å². The Hall–Kier alpha value is -0.690. The van der Waals surface area contributed by atoms with Crippen LogP contribution in [-0.4, -0.2) is 81.2 Å². The van der Waals surface area contributed by atoms with E-state index in [0.29, 0.717) is 17.3 Å². The van der Waals surface area contributed by atoms with Gasteiger partial charge >= 0.3 is 0 Å². The van der Waals surface area contributed by atoms with Gasteiger partial charge in [0.2, 0.25) is 5.91 Å². The molecule has 6 heteroatoms. The summed E-state index contributed by atoms with van der Waals surface area (Å²) >= 11 is 0. The van der Waals surface area contributed by atoms with Crippen LogP contribution >= 0.6 is 0 Å². The average molecular weight is 544 g/mol. The number of piperazine rings is 1. The van der Waals surface area contributed by atoms with Gasteiger partial charge in [-0.1, -0.05) is 13.8 Å². The molecule has 4 aliphatic carbocycles. The zero-order valence-electron chi connectivity index (χ0n) is 25.7. The molecule has 0 spiro atoms. The SMILES string of the molecule is CNC(=O)CCC[C@H]1CCC2C3CCC4CC(NCCN5CCN(CCCN)CC5)CCC4(C)C3CCC21C. The highest BCUT2D eigenvalue weighted by atomic mass is 16.1. The average Bonchev–Trinajstić information content (AvgIpc) is 3.28. The van der Waals surface area contributed by atoms with Crippen molar-refractivity contribution in [1.82, 2.24) is 20.4 Å². The van der Waals surface area contributed by atoms with Gasteiger partial charge in [0.05, 0.1) is 0 Å². The Balaban J connectivity index is 1.08. The molecule has 0 aromatic rings. The van der Waals surface area contributed by atoms with E-state index in [2.05, 4.69) is 34.3 Å². The summed E-state index contributed by atoms with van der Waals surface area (Å²) < 4.78 is 0. The first kappa shape index (κ1) is 29.8. The molecule has 1 aliphatic heterocycles. The lowest BCUT2D eigenvalue weighted by Gasteiger charge is -2.61. The molecule has 0 aromatic carbocycles. The smallest absolute Gasteiger partial charge is 0.219 e. The Labute approximate surface area is 240 Å². The van der Waals surface area contributed by atoms with E-state index in [1.165, 1.54) is 103 Å². The predicted octanol–water partition coefficient (Wildman–Crippen LogP) is 4.49. The summed E-state index contributed by atoms with van der Waals surface area (Å²) in [6.07, 6.45) is 17.1. The van der Waals surface area contributed by atoms with Crippen molar-refractivity contribution < 1.29 is 4.79 Å². The highest BCUT2D eigenvalue weighted by Gasteiger charge is 2.59. The summed E-state index contributed by atoms with van der Waals surface area (Å²) in [6.45, 7) is 14.6. The minimum absolute atomic E-state index is 0.214. The molecular formula is C33H61N5O. The summed E-state index contributed by atoms with van der Waals surface area (Å²) in [6, 6.07) is 0.732. The van der Waals surface area contributed by atoms with Crippen molar-refractivity contribution in [3.8, 4) is 0 Å². The number of hydrogen-bond acceptors (Lipinski definition) is 5. The largest absolute Gasteiger partial charge is 0.359 e. The molecule has 5 rings (SSSR count). The van der Waals surface area contributed by atoms with Crippen molar-refractivity contribution in [3.63, 3.8) is 0 Å². The first-order valence-corrected chi connectivity index (χ1v) is 17.0. The molecule has 5 fully saturated rings. The van der Waals surface area contributed by atoms with E-state index in [0.717, 1.165) is 61.6 Å². The van der Waals surface area contributed by atoms with Crippen molar-refractivity contribution in [3.05, 3.63) is 0 Å². The first-order chi connectivity index (χ1) is 18.9. The molecule has 4 N–H and O–H groups in total. The molecule has 4 saturated carbocycles. The number of hydrogen-bond donors (Lipinski definition) is 3. The second-order valence-corrected chi connectivity index (χ2v) is 14.8. The van der Waals surface area contributed by atoms with Crippen molar-refractivity contribution in [2.24, 2.45) is 46.2 Å². The van der Waals surface area contributed by atoms with E-state index in [9.17, 15) is 4.79 Å². The maximum absolute atomic E-state index is 11.8. The number of nitrogens with two attached hydrogens (primary N) is 1. The molecule has 0 bridgehead atoms. The molecule has 1 heterocycles. The van der Waals surface area contributed by atoms with E-state index in [1.807, 2.05) is 0 Å². The third-order valence-electron chi connectivity index (χ3n) is 13.1. The minimum Gasteiger partial charge on any atom is -0.359 e. The Morgan fingerprint density at radius 1 is 0.872 bits per heavy atom. The summed E-state index contributed by atoms with van der Waals surface area (Å²) in [4.78, 5) is 17.0. The van der Waals surface area contributed by atoms with Crippen LogP contribution in [0.25, 0.3) is 0 Å². The molecule has 7 unspecified atom stereocenters. The normalized spacial score (nSPS) is 41.0. The van der Waals surface area contributed by atoms with Crippen LogP contribution in [0.4, 0.5) is 0 Å². The molecule has 5 aliphatic rings. The highest BCUT2D eigenvalue weighted by Crippen LogP contribution is 2.67. The fraction of sp³-hybridized carbons (Fsp3) is 0.970. The number of amides is 1. The van der Waals surface area contributed by atoms with Crippen LogP contribution in [0.15, 0.2) is 0 Å². The Bertz CT molecular complexity index is 799. The van der Waals surface area contributed by atoms with Gasteiger partial charge in [0.15, 0.2) is 0 Å². The lowest BCUT2D eigenvalue weighted by molar-refractivity contribution is -0.121. The predicted molar refractivity (Wildman–Crippen MR) is 161 cm³/mol. The van der Waals surface area contributed by atoms with Crippen LogP contribution in [0.3, 0.4) is 0 Å². The Morgan fingerprint density at radius 3 is 2.33 bits per heavy atom. The quantitative estimate of drug-likeness (QED) is 0.358. The third-order valence-corrected chi connectivity index (χ3v) is 13.1. The number of fused-ring (bicyclic) bond motifs is 5. The maximum atomic E-state index is 11.8. The Kier molecular flexibility index (Phi) is 10.00. The standard InChI is InChI=1S/C33H61N5O/c1-32-15-13-30-28(29(32)11-9-25(32)6-4-7-31(39)35-3)10-8-26-24-27(12-14-33(26,30)2)36-17-19-38-22-20-37(21-23-38)18-5-16-34/h25-30,36H,4-24,34H2,1-3H3,(H,35,39)/t25-,26?,27?,28?,29?,30?,32?,33?/m0/s1. The second kappa shape index (κ2) is 13.1. The lowest BCUT2D eigenvalue weighted by atomic mass is 9.44. The molecule has 8 atom stereocenters. The molecule has 224 valence electrons. The first-order valence-electron chi connectivity index (χ1n) is 17.0. The Morgan fingerprint density at radius 2 is 1.59 bits per heavy atom. The molecule has 6 nitrogen and oxygen atoms in total. The van der Waals surface area contributed by atoms with E-state index in [-0.39, 0.29) is 5.91 Å². The number of nitrogens with one attached hydrogen (secondary N) is 2. The van der Waals surface area contributed by atoms with Gasteiger partial charge in [-0.15, -0.1) is 0 Å². The highest BCUT2D eigenvalue weighted by molar-refractivity contribution is 5.75. The van der Waals surface area contributed by atoms with E-state index in [4.69, 9.17) is 5.73 Å². The molecule has 1 amide bonds.